The first-order valence-electron chi connectivity index (χ1n) is 5.89. The molecule has 1 aromatic rings. The largest absolute Gasteiger partial charge is 0.381 e. The molecule has 98 valence electrons. The molecule has 7 heteroatoms. The maximum atomic E-state index is 10.6. The van der Waals surface area contributed by atoms with Crippen molar-refractivity contribution in [3.8, 4) is 0 Å². The SMILES string of the molecule is Nc1nc(NCCC2CCOC2)ccc1[N+](=O)[O-]. The van der Waals surface area contributed by atoms with E-state index in [9.17, 15) is 10.1 Å². The molecule has 0 bridgehead atoms. The molecule has 1 saturated heterocycles. The molecule has 1 aliphatic heterocycles. The molecule has 0 aromatic carbocycles. The van der Waals surface area contributed by atoms with Crippen LogP contribution in [0.1, 0.15) is 12.8 Å². The molecule has 0 amide bonds. The Hall–Kier alpha value is -1.89. The van der Waals surface area contributed by atoms with Gasteiger partial charge in [0.2, 0.25) is 5.82 Å². The molecule has 7 nitrogen and oxygen atoms in total. The van der Waals surface area contributed by atoms with Gasteiger partial charge in [-0.3, -0.25) is 10.1 Å². The van der Waals surface area contributed by atoms with Crippen LogP contribution in [0.4, 0.5) is 17.3 Å². The number of ether oxygens (including phenoxy) is 1. The lowest BCUT2D eigenvalue weighted by Crippen LogP contribution is -2.10. The third-order valence-corrected chi connectivity index (χ3v) is 2.98. The van der Waals surface area contributed by atoms with E-state index in [0.29, 0.717) is 11.7 Å². The lowest BCUT2D eigenvalue weighted by atomic mass is 10.1. The highest BCUT2D eigenvalue weighted by atomic mass is 16.6. The quantitative estimate of drug-likeness (QED) is 0.606. The third-order valence-electron chi connectivity index (χ3n) is 2.98. The van der Waals surface area contributed by atoms with E-state index in [1.165, 1.54) is 6.07 Å². The van der Waals surface area contributed by atoms with Gasteiger partial charge < -0.3 is 15.8 Å². The molecule has 1 unspecified atom stereocenters. The maximum Gasteiger partial charge on any atom is 0.311 e. The van der Waals surface area contributed by atoms with Crippen LogP contribution in [-0.4, -0.2) is 29.7 Å². The normalized spacial score (nSPS) is 18.8. The van der Waals surface area contributed by atoms with Gasteiger partial charge in [-0.25, -0.2) is 4.98 Å². The van der Waals surface area contributed by atoms with Crippen molar-refractivity contribution in [2.24, 2.45) is 5.92 Å². The topological polar surface area (TPSA) is 103 Å². The van der Waals surface area contributed by atoms with Crippen LogP contribution in [-0.2, 0) is 4.74 Å². The van der Waals surface area contributed by atoms with Crippen LogP contribution < -0.4 is 11.1 Å². The average Bonchev–Trinajstić information content (AvgIpc) is 2.81. The highest BCUT2D eigenvalue weighted by molar-refractivity contribution is 5.57. The maximum absolute atomic E-state index is 10.6. The van der Waals surface area contributed by atoms with Crippen LogP contribution in [0, 0.1) is 16.0 Å². The highest BCUT2D eigenvalue weighted by Gasteiger charge is 2.15. The van der Waals surface area contributed by atoms with Crippen LogP contribution in [0.25, 0.3) is 0 Å². The fourth-order valence-electron chi connectivity index (χ4n) is 1.94. The highest BCUT2D eigenvalue weighted by Crippen LogP contribution is 2.21. The number of aromatic nitrogens is 1. The molecular weight excluding hydrogens is 236 g/mol. The van der Waals surface area contributed by atoms with Crippen molar-refractivity contribution in [2.45, 2.75) is 12.8 Å². The minimum Gasteiger partial charge on any atom is -0.381 e. The van der Waals surface area contributed by atoms with Gasteiger partial charge in [-0.15, -0.1) is 0 Å². The molecule has 3 N–H and O–H groups in total. The Labute approximate surface area is 104 Å². The Morgan fingerprint density at radius 3 is 3.06 bits per heavy atom. The van der Waals surface area contributed by atoms with Crippen molar-refractivity contribution >= 4 is 17.3 Å². The zero-order chi connectivity index (χ0) is 13.0. The van der Waals surface area contributed by atoms with Crippen LogP contribution in [0.3, 0.4) is 0 Å². The van der Waals surface area contributed by atoms with Crippen LogP contribution in [0.15, 0.2) is 12.1 Å². The van der Waals surface area contributed by atoms with Gasteiger partial charge in [0.25, 0.3) is 0 Å². The van der Waals surface area contributed by atoms with Gasteiger partial charge in [-0.05, 0) is 24.8 Å². The second kappa shape index (κ2) is 5.63. The van der Waals surface area contributed by atoms with E-state index in [4.69, 9.17) is 10.5 Å². The second-order valence-corrected chi connectivity index (χ2v) is 4.30. The predicted octanol–water partition coefficient (Wildman–Crippen LogP) is 1.41. The van der Waals surface area contributed by atoms with Crippen molar-refractivity contribution in [1.29, 1.82) is 0 Å². The molecule has 2 rings (SSSR count). The Bertz CT molecular complexity index is 432. The number of hydrogen-bond donors (Lipinski definition) is 2. The van der Waals surface area contributed by atoms with Gasteiger partial charge in [0.05, 0.1) is 4.92 Å². The standard InChI is InChI=1S/C11H16N4O3/c12-11-9(15(16)17)1-2-10(14-11)13-5-3-8-4-6-18-7-8/h1-2,8H,3-7H2,(H3,12,13,14). The molecule has 1 atom stereocenters. The summed E-state index contributed by atoms with van der Waals surface area (Å²) in [4.78, 5) is 14.0. The molecule has 2 heterocycles. The first-order chi connectivity index (χ1) is 8.66. The summed E-state index contributed by atoms with van der Waals surface area (Å²) in [6.07, 6.45) is 2.09. The lowest BCUT2D eigenvalue weighted by Gasteiger charge is -2.09. The summed E-state index contributed by atoms with van der Waals surface area (Å²) >= 11 is 0. The van der Waals surface area contributed by atoms with Gasteiger partial charge in [-0.1, -0.05) is 0 Å². The van der Waals surface area contributed by atoms with Gasteiger partial charge in [0, 0.05) is 25.8 Å². The third kappa shape index (κ3) is 3.07. The number of hydrogen-bond acceptors (Lipinski definition) is 6. The molecule has 1 fully saturated rings. The summed E-state index contributed by atoms with van der Waals surface area (Å²) < 4.78 is 5.28. The number of pyridine rings is 1. The lowest BCUT2D eigenvalue weighted by molar-refractivity contribution is -0.384. The van der Waals surface area contributed by atoms with E-state index in [0.717, 1.165) is 32.6 Å². The van der Waals surface area contributed by atoms with E-state index in [1.54, 1.807) is 6.07 Å². The molecule has 0 spiro atoms. The summed E-state index contributed by atoms with van der Waals surface area (Å²) in [5, 5.41) is 13.7. The van der Waals surface area contributed by atoms with E-state index in [-0.39, 0.29) is 11.5 Å². The molecule has 18 heavy (non-hydrogen) atoms. The number of nitrogens with zero attached hydrogens (tertiary/aromatic N) is 2. The molecule has 1 aliphatic rings. The van der Waals surface area contributed by atoms with Gasteiger partial charge in [-0.2, -0.15) is 0 Å². The van der Waals surface area contributed by atoms with Crippen LogP contribution in [0.2, 0.25) is 0 Å². The van der Waals surface area contributed by atoms with E-state index in [2.05, 4.69) is 10.3 Å². The van der Waals surface area contributed by atoms with E-state index < -0.39 is 4.92 Å². The first kappa shape index (κ1) is 12.6. The Kier molecular flexibility index (Phi) is 3.93. The number of nitrogen functional groups attached to an aromatic ring is 1. The molecule has 0 aliphatic carbocycles. The van der Waals surface area contributed by atoms with Crippen molar-refractivity contribution < 1.29 is 9.66 Å². The summed E-state index contributed by atoms with van der Waals surface area (Å²) in [6, 6.07) is 2.93. The fraction of sp³-hybridized carbons (Fsp3) is 0.545. The zero-order valence-electron chi connectivity index (χ0n) is 9.96. The first-order valence-corrected chi connectivity index (χ1v) is 5.89. The zero-order valence-corrected chi connectivity index (χ0v) is 9.96. The Morgan fingerprint density at radius 1 is 1.61 bits per heavy atom. The summed E-state index contributed by atoms with van der Waals surface area (Å²) in [7, 11) is 0. The van der Waals surface area contributed by atoms with Crippen molar-refractivity contribution in [3.05, 3.63) is 22.2 Å². The van der Waals surface area contributed by atoms with Gasteiger partial charge in [0.15, 0.2) is 0 Å². The average molecular weight is 252 g/mol. The van der Waals surface area contributed by atoms with Crippen LogP contribution in [0.5, 0.6) is 0 Å². The smallest absolute Gasteiger partial charge is 0.311 e. The second-order valence-electron chi connectivity index (χ2n) is 4.30. The molecule has 1 aromatic heterocycles. The van der Waals surface area contributed by atoms with Crippen LogP contribution >= 0.6 is 0 Å². The Balaban J connectivity index is 1.85. The summed E-state index contributed by atoms with van der Waals surface area (Å²) in [5.41, 5.74) is 5.34. The number of rotatable bonds is 5. The Morgan fingerprint density at radius 2 is 2.44 bits per heavy atom. The number of nitrogens with one attached hydrogen (secondary N) is 1. The van der Waals surface area contributed by atoms with Crippen molar-refractivity contribution in [2.75, 3.05) is 30.8 Å². The van der Waals surface area contributed by atoms with E-state index >= 15 is 0 Å². The van der Waals surface area contributed by atoms with Gasteiger partial charge in [0.1, 0.15) is 5.82 Å². The summed E-state index contributed by atoms with van der Waals surface area (Å²) in [5.74, 6) is 1.10. The minimum atomic E-state index is -0.540. The van der Waals surface area contributed by atoms with E-state index in [1.807, 2.05) is 0 Å². The number of nitrogens with two attached hydrogens (primary N) is 1. The van der Waals surface area contributed by atoms with Crippen molar-refractivity contribution in [1.82, 2.24) is 4.98 Å². The van der Waals surface area contributed by atoms with Crippen molar-refractivity contribution in [3.63, 3.8) is 0 Å². The fourth-order valence-corrected chi connectivity index (χ4v) is 1.94. The number of nitro groups is 1. The number of anilines is 2. The minimum absolute atomic E-state index is 0.0609. The van der Waals surface area contributed by atoms with Gasteiger partial charge >= 0.3 is 5.69 Å². The molecule has 0 saturated carbocycles. The molecule has 0 radical (unpaired) electrons. The summed E-state index contributed by atoms with van der Waals surface area (Å²) in [6.45, 7) is 2.42. The predicted molar refractivity (Wildman–Crippen MR) is 67.3 cm³/mol. The molecular formula is C11H16N4O3. The monoisotopic (exact) mass is 252 g/mol.